The number of fused-ring (bicyclic) bond motifs is 5. The normalized spacial score (nSPS) is 35.0. The Balaban J connectivity index is 1.28. The first-order valence-electron chi connectivity index (χ1n) is 17.5. The van der Waals surface area contributed by atoms with Crippen molar-refractivity contribution in [1.82, 2.24) is 0 Å². The molecule has 0 N–H and O–H groups in total. The van der Waals surface area contributed by atoms with Gasteiger partial charge in [0.25, 0.3) is 0 Å². The summed E-state index contributed by atoms with van der Waals surface area (Å²) in [4.78, 5) is 36.2. The molecule has 4 heteroatoms. The summed E-state index contributed by atoms with van der Waals surface area (Å²) in [6.07, 6.45) is 21.0. The van der Waals surface area contributed by atoms with Crippen molar-refractivity contribution < 1.29 is 19.1 Å². The second kappa shape index (κ2) is 13.9. The fourth-order valence-electron chi connectivity index (χ4n) is 9.93. The summed E-state index contributed by atoms with van der Waals surface area (Å²) in [5.41, 5.74) is 2.33. The van der Waals surface area contributed by atoms with Crippen molar-refractivity contribution in [1.29, 1.82) is 0 Å². The third-order valence-corrected chi connectivity index (χ3v) is 12.3. The average Bonchev–Trinajstić information content (AvgIpc) is 3.29. The van der Waals surface area contributed by atoms with Crippen molar-refractivity contribution in [3.8, 4) is 0 Å². The molecule has 0 amide bonds. The average molecular weight is 581 g/mol. The number of hydrogen-bond donors (Lipinski definition) is 0. The van der Waals surface area contributed by atoms with E-state index in [-0.39, 0.29) is 41.4 Å². The standard InChI is InChI=1S/C38H60O4/c1-25(2)12-11-13-27(5)31-18-19-32-30-17-16-28-24-29(20-22-37(28,6)33(30)21-23-38(31,32)7)42-35(40)15-10-8-9-14-34(39)36(41)26(3)4/h8-9,16,25-27,29-33H,10-15,17-24H2,1-7H3/t27-,29+,30+,31-,32+,33+,37+,38-/m1/s1. The highest BCUT2D eigenvalue weighted by atomic mass is 16.5. The Kier molecular flexibility index (Phi) is 11.0. The van der Waals surface area contributed by atoms with Crippen LogP contribution < -0.4 is 0 Å². The molecule has 4 aliphatic carbocycles. The van der Waals surface area contributed by atoms with Gasteiger partial charge in [-0.05, 0) is 97.7 Å². The van der Waals surface area contributed by atoms with Gasteiger partial charge < -0.3 is 4.74 Å². The largest absolute Gasteiger partial charge is 0.462 e. The summed E-state index contributed by atoms with van der Waals surface area (Å²) in [6, 6.07) is 0. The van der Waals surface area contributed by atoms with E-state index in [0.717, 1.165) is 54.8 Å². The van der Waals surface area contributed by atoms with Gasteiger partial charge in [0, 0.05) is 25.2 Å². The third kappa shape index (κ3) is 7.15. The van der Waals surface area contributed by atoms with E-state index >= 15 is 0 Å². The number of hydrogen-bond acceptors (Lipinski definition) is 4. The van der Waals surface area contributed by atoms with Gasteiger partial charge in [0.2, 0.25) is 11.6 Å². The maximum Gasteiger partial charge on any atom is 0.306 e. The number of ketones is 2. The van der Waals surface area contributed by atoms with E-state index < -0.39 is 0 Å². The van der Waals surface area contributed by atoms with Crippen LogP contribution in [-0.4, -0.2) is 23.6 Å². The number of rotatable bonds is 13. The van der Waals surface area contributed by atoms with Gasteiger partial charge in [0.05, 0.1) is 0 Å². The summed E-state index contributed by atoms with van der Waals surface area (Å²) in [7, 11) is 0. The van der Waals surface area contributed by atoms with Crippen LogP contribution in [0.25, 0.3) is 0 Å². The van der Waals surface area contributed by atoms with E-state index in [1.807, 2.05) is 6.08 Å². The zero-order valence-electron chi connectivity index (χ0n) is 27.9. The van der Waals surface area contributed by atoms with Gasteiger partial charge in [-0.15, -0.1) is 0 Å². The molecule has 8 atom stereocenters. The van der Waals surface area contributed by atoms with Gasteiger partial charge in [-0.3, -0.25) is 14.4 Å². The summed E-state index contributed by atoms with van der Waals surface area (Å²) < 4.78 is 5.96. The third-order valence-electron chi connectivity index (χ3n) is 12.3. The number of esters is 1. The molecule has 0 spiro atoms. The number of allylic oxidation sites excluding steroid dienone is 3. The SMILES string of the molecule is CC(C)CCC[C@@H](C)[C@H]1CC[C@H]2[C@@H]3CC=C4C[C@@H](OC(=O)CCC=CCC(=O)C(=O)C(C)C)CC[C@]4(C)[C@H]3CC[C@]12C. The minimum atomic E-state index is -0.362. The molecular formula is C38H60O4. The molecule has 0 unspecified atom stereocenters. The highest BCUT2D eigenvalue weighted by Crippen LogP contribution is 2.67. The Labute approximate surface area is 256 Å². The van der Waals surface area contributed by atoms with Crippen LogP contribution in [0.1, 0.15) is 138 Å². The van der Waals surface area contributed by atoms with Gasteiger partial charge in [0.15, 0.2) is 0 Å². The van der Waals surface area contributed by atoms with E-state index in [2.05, 4.69) is 40.7 Å². The first-order chi connectivity index (χ1) is 19.9. The Hall–Kier alpha value is -1.71. The molecule has 42 heavy (non-hydrogen) atoms. The monoisotopic (exact) mass is 580 g/mol. The summed E-state index contributed by atoms with van der Waals surface area (Å²) in [5.74, 6) is 3.90. The van der Waals surface area contributed by atoms with Gasteiger partial charge in [-0.2, -0.15) is 0 Å². The van der Waals surface area contributed by atoms with Crippen LogP contribution in [-0.2, 0) is 19.1 Å². The van der Waals surface area contributed by atoms with E-state index in [1.165, 1.54) is 51.4 Å². The molecule has 0 saturated heterocycles. The van der Waals surface area contributed by atoms with Crippen molar-refractivity contribution in [2.45, 2.75) is 144 Å². The van der Waals surface area contributed by atoms with Crippen LogP contribution in [0.3, 0.4) is 0 Å². The molecule has 3 fully saturated rings. The van der Waals surface area contributed by atoms with Crippen LogP contribution in [0.5, 0.6) is 0 Å². The predicted octanol–water partition coefficient (Wildman–Crippen LogP) is 9.46. The Bertz CT molecular complexity index is 1040. The van der Waals surface area contributed by atoms with Crippen molar-refractivity contribution in [3.05, 3.63) is 23.8 Å². The minimum Gasteiger partial charge on any atom is -0.462 e. The van der Waals surface area contributed by atoms with Crippen molar-refractivity contribution in [2.24, 2.45) is 52.3 Å². The highest BCUT2D eigenvalue weighted by molar-refractivity contribution is 6.38. The first kappa shape index (κ1) is 33.2. The van der Waals surface area contributed by atoms with Crippen LogP contribution >= 0.6 is 0 Å². The summed E-state index contributed by atoms with van der Waals surface area (Å²) in [5, 5.41) is 0. The molecule has 3 saturated carbocycles. The molecule has 0 bridgehead atoms. The number of carbonyl (C=O) groups is 3. The van der Waals surface area contributed by atoms with Crippen molar-refractivity contribution in [2.75, 3.05) is 0 Å². The zero-order chi connectivity index (χ0) is 30.7. The molecule has 4 nitrogen and oxygen atoms in total. The second-order valence-electron chi connectivity index (χ2n) is 15.8. The maximum atomic E-state index is 12.6. The molecule has 0 aromatic heterocycles. The van der Waals surface area contributed by atoms with Crippen LogP contribution in [0.15, 0.2) is 23.8 Å². The van der Waals surface area contributed by atoms with Gasteiger partial charge >= 0.3 is 5.97 Å². The van der Waals surface area contributed by atoms with Gasteiger partial charge in [-0.1, -0.05) is 91.5 Å². The molecule has 4 aliphatic rings. The topological polar surface area (TPSA) is 60.4 Å². The lowest BCUT2D eigenvalue weighted by molar-refractivity contribution is -0.151. The molecule has 0 aliphatic heterocycles. The smallest absolute Gasteiger partial charge is 0.306 e. The fourth-order valence-corrected chi connectivity index (χ4v) is 9.93. The van der Waals surface area contributed by atoms with Crippen LogP contribution in [0.4, 0.5) is 0 Å². The molecule has 0 radical (unpaired) electrons. The number of ether oxygens (including phenoxy) is 1. The summed E-state index contributed by atoms with van der Waals surface area (Å²) in [6.45, 7) is 15.9. The summed E-state index contributed by atoms with van der Waals surface area (Å²) >= 11 is 0. The zero-order valence-corrected chi connectivity index (χ0v) is 27.9. The van der Waals surface area contributed by atoms with E-state index in [0.29, 0.717) is 18.3 Å². The Morgan fingerprint density at radius 3 is 2.43 bits per heavy atom. The van der Waals surface area contributed by atoms with Crippen molar-refractivity contribution in [3.63, 3.8) is 0 Å². The van der Waals surface area contributed by atoms with Crippen molar-refractivity contribution >= 4 is 17.5 Å². The van der Waals surface area contributed by atoms with Crippen LogP contribution in [0.2, 0.25) is 0 Å². The molecule has 4 rings (SSSR count). The van der Waals surface area contributed by atoms with E-state index in [4.69, 9.17) is 4.74 Å². The van der Waals surface area contributed by atoms with Crippen LogP contribution in [0, 0.1) is 52.3 Å². The predicted molar refractivity (Wildman–Crippen MR) is 171 cm³/mol. The van der Waals surface area contributed by atoms with Gasteiger partial charge in [-0.25, -0.2) is 0 Å². The molecule has 0 aromatic carbocycles. The number of carbonyl (C=O) groups excluding carboxylic acids is 3. The molecule has 236 valence electrons. The lowest BCUT2D eigenvalue weighted by Gasteiger charge is -2.58. The molecule has 0 heterocycles. The fraction of sp³-hybridized carbons (Fsp3) is 0.816. The Morgan fingerprint density at radius 1 is 0.952 bits per heavy atom. The molecule has 0 aromatic rings. The lowest BCUT2D eigenvalue weighted by atomic mass is 9.47. The Morgan fingerprint density at radius 2 is 1.71 bits per heavy atom. The first-order valence-corrected chi connectivity index (χ1v) is 17.5. The lowest BCUT2D eigenvalue weighted by Crippen LogP contribution is -2.51. The highest BCUT2D eigenvalue weighted by Gasteiger charge is 2.59. The van der Waals surface area contributed by atoms with E-state index in [9.17, 15) is 14.4 Å². The van der Waals surface area contributed by atoms with Gasteiger partial charge in [0.1, 0.15) is 6.10 Å². The second-order valence-corrected chi connectivity index (χ2v) is 15.8. The minimum absolute atomic E-state index is 0.0148. The molecular weight excluding hydrogens is 520 g/mol. The van der Waals surface area contributed by atoms with E-state index in [1.54, 1.807) is 25.5 Å². The maximum absolute atomic E-state index is 12.6. The quantitative estimate of drug-likeness (QED) is 0.124. The number of Topliss-reactive ketones (excluding diaryl/α,β-unsaturated/α-hetero) is 2.